The minimum absolute atomic E-state index is 0.108. The van der Waals surface area contributed by atoms with Crippen LogP contribution in [0, 0.1) is 20.8 Å². The molecular formula is C22H26N2O3S. The Morgan fingerprint density at radius 1 is 1.29 bits per heavy atom. The Hall–Kier alpha value is -2.60. The van der Waals surface area contributed by atoms with Crippen LogP contribution in [0.1, 0.15) is 51.3 Å². The first kappa shape index (κ1) is 20.1. The lowest BCUT2D eigenvalue weighted by atomic mass is 10.1. The van der Waals surface area contributed by atoms with Gasteiger partial charge in [-0.2, -0.15) is 0 Å². The summed E-state index contributed by atoms with van der Waals surface area (Å²) in [5.74, 6) is 1.15. The highest BCUT2D eigenvalue weighted by Crippen LogP contribution is 2.25. The number of hydrogen-bond donors (Lipinski definition) is 0. The van der Waals surface area contributed by atoms with E-state index in [1.807, 2.05) is 5.38 Å². The van der Waals surface area contributed by atoms with Crippen LogP contribution >= 0.6 is 11.3 Å². The molecule has 0 aliphatic carbocycles. The topological polar surface area (TPSA) is 55.6 Å². The molecule has 3 aromatic rings. The van der Waals surface area contributed by atoms with Gasteiger partial charge in [0.25, 0.3) is 5.91 Å². The maximum Gasteiger partial charge on any atom is 0.289 e. The third-order valence-electron chi connectivity index (χ3n) is 4.58. The summed E-state index contributed by atoms with van der Waals surface area (Å²) in [7, 11) is 0. The van der Waals surface area contributed by atoms with E-state index in [-0.39, 0.29) is 5.91 Å². The summed E-state index contributed by atoms with van der Waals surface area (Å²) in [5, 5.41) is 2.89. The Morgan fingerprint density at radius 3 is 2.82 bits per heavy atom. The van der Waals surface area contributed by atoms with Crippen molar-refractivity contribution in [3.05, 3.63) is 69.1 Å². The quantitative estimate of drug-likeness (QED) is 0.517. The third-order valence-corrected chi connectivity index (χ3v) is 5.45. The second-order valence-corrected chi connectivity index (χ2v) is 7.87. The molecule has 0 bridgehead atoms. The molecule has 0 atom stereocenters. The Labute approximate surface area is 170 Å². The number of aryl methyl sites for hydroxylation is 2. The van der Waals surface area contributed by atoms with E-state index in [1.165, 1.54) is 17.4 Å². The van der Waals surface area contributed by atoms with E-state index in [2.05, 4.69) is 44.8 Å². The number of aromatic nitrogens is 1. The highest BCUT2D eigenvalue weighted by Gasteiger charge is 2.19. The molecule has 0 radical (unpaired) electrons. The van der Waals surface area contributed by atoms with Crippen molar-refractivity contribution in [2.75, 3.05) is 6.54 Å². The van der Waals surface area contributed by atoms with Crippen molar-refractivity contribution in [2.24, 2.45) is 0 Å². The third kappa shape index (κ3) is 4.81. The van der Waals surface area contributed by atoms with Gasteiger partial charge in [0, 0.05) is 11.9 Å². The molecule has 0 saturated carbocycles. The predicted octanol–water partition coefficient (Wildman–Crippen LogP) is 5.29. The summed E-state index contributed by atoms with van der Waals surface area (Å²) < 4.78 is 11.3. The number of rotatable bonds is 8. The normalized spacial score (nSPS) is 10.9. The predicted molar refractivity (Wildman–Crippen MR) is 111 cm³/mol. The summed E-state index contributed by atoms with van der Waals surface area (Å²) in [6, 6.07) is 7.63. The molecular weight excluding hydrogens is 372 g/mol. The minimum atomic E-state index is -0.108. The van der Waals surface area contributed by atoms with Crippen molar-refractivity contribution in [2.45, 2.75) is 47.3 Å². The average Bonchev–Trinajstić information content (AvgIpc) is 3.34. The maximum atomic E-state index is 12.6. The molecule has 1 amide bonds. The molecule has 0 aliphatic heterocycles. The van der Waals surface area contributed by atoms with E-state index in [4.69, 9.17) is 9.15 Å². The summed E-state index contributed by atoms with van der Waals surface area (Å²) in [5.41, 5.74) is 4.43. The van der Waals surface area contributed by atoms with Crippen molar-refractivity contribution in [3.8, 4) is 5.75 Å². The maximum absolute atomic E-state index is 12.6. The first-order valence-corrected chi connectivity index (χ1v) is 10.3. The standard InChI is InChI=1S/C22H26N2O3S/c1-5-8-24(22(25)19-7-6-9-26-19)12-18-14-28-21(23-18)13-27-20-11-15(2)10-16(3)17(20)4/h6-7,9-11,14H,5,8,12-13H2,1-4H3. The van der Waals surface area contributed by atoms with Gasteiger partial charge in [-0.15, -0.1) is 11.3 Å². The lowest BCUT2D eigenvalue weighted by molar-refractivity contribution is 0.0709. The first-order valence-electron chi connectivity index (χ1n) is 9.44. The number of hydrogen-bond acceptors (Lipinski definition) is 5. The minimum Gasteiger partial charge on any atom is -0.486 e. The highest BCUT2D eigenvalue weighted by atomic mass is 32.1. The van der Waals surface area contributed by atoms with Crippen LogP contribution < -0.4 is 4.74 Å². The Bertz CT molecular complexity index is 931. The largest absolute Gasteiger partial charge is 0.486 e. The van der Waals surface area contributed by atoms with Crippen molar-refractivity contribution < 1.29 is 13.9 Å². The Balaban J connectivity index is 1.65. The number of carbonyl (C=O) groups excluding carboxylic acids is 1. The van der Waals surface area contributed by atoms with Crippen LogP contribution in [-0.2, 0) is 13.2 Å². The van der Waals surface area contributed by atoms with Gasteiger partial charge < -0.3 is 14.1 Å². The number of thiazole rings is 1. The van der Waals surface area contributed by atoms with Gasteiger partial charge in [-0.1, -0.05) is 13.0 Å². The molecule has 0 spiro atoms. The van der Waals surface area contributed by atoms with E-state index in [0.717, 1.165) is 28.4 Å². The second-order valence-electron chi connectivity index (χ2n) is 6.93. The first-order chi connectivity index (χ1) is 13.5. The molecule has 0 fully saturated rings. The number of amides is 1. The zero-order valence-electron chi connectivity index (χ0n) is 16.8. The van der Waals surface area contributed by atoms with Gasteiger partial charge in [-0.3, -0.25) is 4.79 Å². The van der Waals surface area contributed by atoms with Gasteiger partial charge in [0.05, 0.1) is 18.5 Å². The molecule has 0 unspecified atom stereocenters. The van der Waals surface area contributed by atoms with Gasteiger partial charge in [-0.05, 0) is 62.1 Å². The SMILES string of the molecule is CCCN(Cc1csc(COc2cc(C)cc(C)c2C)n1)C(=O)c1ccco1. The zero-order valence-corrected chi connectivity index (χ0v) is 17.6. The smallest absolute Gasteiger partial charge is 0.289 e. The molecule has 3 rings (SSSR count). The second kappa shape index (κ2) is 9.06. The molecule has 0 N–H and O–H groups in total. The summed E-state index contributed by atoms with van der Waals surface area (Å²) in [6.45, 7) is 9.83. The van der Waals surface area contributed by atoms with E-state index >= 15 is 0 Å². The number of carbonyl (C=O) groups is 1. The molecule has 28 heavy (non-hydrogen) atoms. The fraction of sp³-hybridized carbons (Fsp3) is 0.364. The van der Waals surface area contributed by atoms with Crippen LogP contribution in [0.3, 0.4) is 0 Å². The number of benzene rings is 1. The van der Waals surface area contributed by atoms with Crippen LogP contribution in [0.5, 0.6) is 5.75 Å². The number of nitrogens with zero attached hydrogens (tertiary/aromatic N) is 2. The molecule has 6 heteroatoms. The van der Waals surface area contributed by atoms with Gasteiger partial charge in [0.15, 0.2) is 5.76 Å². The summed E-state index contributed by atoms with van der Waals surface area (Å²) >= 11 is 1.55. The van der Waals surface area contributed by atoms with Gasteiger partial charge in [-0.25, -0.2) is 4.98 Å². The van der Waals surface area contributed by atoms with Crippen LogP contribution in [0.15, 0.2) is 40.3 Å². The monoisotopic (exact) mass is 398 g/mol. The number of ether oxygens (including phenoxy) is 1. The molecule has 148 valence electrons. The van der Waals surface area contributed by atoms with Gasteiger partial charge in [0.2, 0.25) is 0 Å². The van der Waals surface area contributed by atoms with E-state index < -0.39 is 0 Å². The van der Waals surface area contributed by atoms with E-state index in [9.17, 15) is 4.79 Å². The molecule has 2 aromatic heterocycles. The molecule has 0 saturated heterocycles. The average molecular weight is 399 g/mol. The lowest BCUT2D eigenvalue weighted by Crippen LogP contribution is -2.31. The van der Waals surface area contributed by atoms with Crippen molar-refractivity contribution in [3.63, 3.8) is 0 Å². The fourth-order valence-electron chi connectivity index (χ4n) is 3.05. The van der Waals surface area contributed by atoms with E-state index in [0.29, 0.717) is 25.5 Å². The van der Waals surface area contributed by atoms with Crippen molar-refractivity contribution in [1.29, 1.82) is 0 Å². The Morgan fingerprint density at radius 2 is 2.11 bits per heavy atom. The number of furan rings is 1. The van der Waals surface area contributed by atoms with Crippen LogP contribution in [0.4, 0.5) is 0 Å². The highest BCUT2D eigenvalue weighted by molar-refractivity contribution is 7.09. The Kier molecular flexibility index (Phi) is 6.52. The van der Waals surface area contributed by atoms with Crippen LogP contribution in [0.2, 0.25) is 0 Å². The van der Waals surface area contributed by atoms with Gasteiger partial charge in [0.1, 0.15) is 17.4 Å². The summed E-state index contributed by atoms with van der Waals surface area (Å²) in [6.07, 6.45) is 2.39. The van der Waals surface area contributed by atoms with Crippen LogP contribution in [-0.4, -0.2) is 22.3 Å². The van der Waals surface area contributed by atoms with Crippen LogP contribution in [0.25, 0.3) is 0 Å². The molecule has 1 aromatic carbocycles. The van der Waals surface area contributed by atoms with E-state index in [1.54, 1.807) is 28.4 Å². The molecule has 0 aliphatic rings. The molecule has 2 heterocycles. The van der Waals surface area contributed by atoms with Crippen molar-refractivity contribution >= 4 is 17.2 Å². The van der Waals surface area contributed by atoms with Gasteiger partial charge >= 0.3 is 0 Å². The summed E-state index contributed by atoms with van der Waals surface area (Å²) in [4.78, 5) is 19.0. The zero-order chi connectivity index (χ0) is 20.1. The fourth-order valence-corrected chi connectivity index (χ4v) is 3.75. The van der Waals surface area contributed by atoms with Crippen molar-refractivity contribution in [1.82, 2.24) is 9.88 Å². The molecule has 5 nitrogen and oxygen atoms in total. The lowest BCUT2D eigenvalue weighted by Gasteiger charge is -2.19.